The maximum absolute atomic E-state index is 3.77. The Hall–Kier alpha value is -0.0800. The predicted molar refractivity (Wildman–Crippen MR) is 80.9 cm³/mol. The van der Waals surface area contributed by atoms with Gasteiger partial charge in [-0.15, -0.1) is 0 Å². The van der Waals surface area contributed by atoms with Crippen LogP contribution in [0.2, 0.25) is 0 Å². The van der Waals surface area contributed by atoms with Crippen LogP contribution in [0.4, 0.5) is 0 Å². The summed E-state index contributed by atoms with van der Waals surface area (Å²) in [7, 11) is 0. The zero-order valence-corrected chi connectivity index (χ0v) is 13.6. The SMILES string of the molecule is CCC1(C)CN(C(C)CC(C)C)C(C(C)C)CN1. The Morgan fingerprint density at radius 2 is 1.83 bits per heavy atom. The van der Waals surface area contributed by atoms with Crippen molar-refractivity contribution in [2.75, 3.05) is 13.1 Å². The molecule has 18 heavy (non-hydrogen) atoms. The summed E-state index contributed by atoms with van der Waals surface area (Å²) in [6.07, 6.45) is 2.52. The molecule has 2 heteroatoms. The smallest absolute Gasteiger partial charge is 0.0278 e. The first kappa shape index (κ1) is 16.0. The zero-order valence-electron chi connectivity index (χ0n) is 13.6. The first-order valence-electron chi connectivity index (χ1n) is 7.80. The summed E-state index contributed by atoms with van der Waals surface area (Å²) in [4.78, 5) is 2.77. The van der Waals surface area contributed by atoms with Crippen LogP contribution in [-0.4, -0.2) is 35.6 Å². The molecule has 0 bridgehead atoms. The molecule has 0 spiro atoms. The van der Waals surface area contributed by atoms with Gasteiger partial charge in [0.15, 0.2) is 0 Å². The van der Waals surface area contributed by atoms with E-state index >= 15 is 0 Å². The van der Waals surface area contributed by atoms with Gasteiger partial charge >= 0.3 is 0 Å². The lowest BCUT2D eigenvalue weighted by Crippen LogP contribution is -2.65. The van der Waals surface area contributed by atoms with E-state index in [1.54, 1.807) is 0 Å². The summed E-state index contributed by atoms with van der Waals surface area (Å²) in [5.74, 6) is 1.52. The van der Waals surface area contributed by atoms with Gasteiger partial charge in [0.25, 0.3) is 0 Å². The molecule has 108 valence electrons. The number of piperazine rings is 1. The third-order valence-electron chi connectivity index (χ3n) is 4.62. The third kappa shape index (κ3) is 3.96. The second kappa shape index (κ2) is 6.38. The van der Waals surface area contributed by atoms with E-state index in [9.17, 15) is 0 Å². The summed E-state index contributed by atoms with van der Waals surface area (Å²) in [5.41, 5.74) is 0.302. The molecule has 0 saturated carbocycles. The Kier molecular flexibility index (Phi) is 5.67. The van der Waals surface area contributed by atoms with Crippen LogP contribution >= 0.6 is 0 Å². The lowest BCUT2D eigenvalue weighted by Gasteiger charge is -2.50. The molecule has 0 aromatic carbocycles. The molecular weight excluding hydrogens is 220 g/mol. The molecule has 1 aliphatic rings. The number of rotatable bonds is 5. The van der Waals surface area contributed by atoms with E-state index in [-0.39, 0.29) is 0 Å². The predicted octanol–water partition coefficient (Wildman–Crippen LogP) is 3.52. The molecule has 0 radical (unpaired) electrons. The fourth-order valence-electron chi connectivity index (χ4n) is 3.20. The van der Waals surface area contributed by atoms with Gasteiger partial charge in [-0.3, -0.25) is 4.90 Å². The van der Waals surface area contributed by atoms with Crippen LogP contribution in [-0.2, 0) is 0 Å². The Bertz CT molecular complexity index is 249. The van der Waals surface area contributed by atoms with E-state index < -0.39 is 0 Å². The number of hydrogen-bond acceptors (Lipinski definition) is 2. The van der Waals surface area contributed by atoms with Gasteiger partial charge in [-0.25, -0.2) is 0 Å². The van der Waals surface area contributed by atoms with E-state index in [0.29, 0.717) is 17.6 Å². The lowest BCUT2D eigenvalue weighted by molar-refractivity contribution is 0.0236. The van der Waals surface area contributed by atoms with E-state index in [0.717, 1.165) is 18.4 Å². The van der Waals surface area contributed by atoms with Gasteiger partial charge in [0, 0.05) is 30.7 Å². The number of hydrogen-bond donors (Lipinski definition) is 1. The molecule has 0 aromatic rings. The summed E-state index contributed by atoms with van der Waals surface area (Å²) in [6, 6.07) is 1.39. The standard InChI is InChI=1S/C16H34N2/c1-8-16(7)11-18(14(6)9-12(2)3)15(10-17-16)13(4)5/h12-15,17H,8-11H2,1-7H3. The first-order valence-corrected chi connectivity index (χ1v) is 7.80. The Morgan fingerprint density at radius 1 is 1.22 bits per heavy atom. The minimum absolute atomic E-state index is 0.302. The topological polar surface area (TPSA) is 15.3 Å². The highest BCUT2D eigenvalue weighted by atomic mass is 15.3. The average molecular weight is 254 g/mol. The van der Waals surface area contributed by atoms with Crippen LogP contribution < -0.4 is 5.32 Å². The van der Waals surface area contributed by atoms with Crippen molar-refractivity contribution in [1.29, 1.82) is 0 Å². The summed E-state index contributed by atoms with van der Waals surface area (Å²) in [5, 5.41) is 3.77. The zero-order chi connectivity index (χ0) is 13.9. The van der Waals surface area contributed by atoms with Crippen LogP contribution in [0.3, 0.4) is 0 Å². The molecule has 0 aromatic heterocycles. The Balaban J connectivity index is 2.78. The average Bonchev–Trinajstić information content (AvgIpc) is 2.27. The van der Waals surface area contributed by atoms with Gasteiger partial charge in [-0.2, -0.15) is 0 Å². The number of nitrogens with zero attached hydrogens (tertiary/aromatic N) is 1. The Morgan fingerprint density at radius 3 is 2.28 bits per heavy atom. The van der Waals surface area contributed by atoms with Crippen molar-refractivity contribution >= 4 is 0 Å². The van der Waals surface area contributed by atoms with Crippen LogP contribution in [0.5, 0.6) is 0 Å². The second-order valence-corrected chi connectivity index (χ2v) is 7.26. The fourth-order valence-corrected chi connectivity index (χ4v) is 3.20. The van der Waals surface area contributed by atoms with Crippen LogP contribution in [0, 0.1) is 11.8 Å². The molecule has 1 aliphatic heterocycles. The molecule has 3 unspecified atom stereocenters. The van der Waals surface area contributed by atoms with Crippen molar-refractivity contribution in [3.8, 4) is 0 Å². The molecule has 1 saturated heterocycles. The van der Waals surface area contributed by atoms with Gasteiger partial charge in [0.2, 0.25) is 0 Å². The molecule has 1 N–H and O–H groups in total. The highest BCUT2D eigenvalue weighted by Crippen LogP contribution is 2.26. The molecular formula is C16H34N2. The highest BCUT2D eigenvalue weighted by molar-refractivity contribution is 4.97. The van der Waals surface area contributed by atoms with Crippen molar-refractivity contribution in [3.05, 3.63) is 0 Å². The summed E-state index contributed by atoms with van der Waals surface area (Å²) < 4.78 is 0. The maximum Gasteiger partial charge on any atom is 0.0278 e. The molecule has 0 amide bonds. The minimum Gasteiger partial charge on any atom is -0.309 e. The molecule has 1 rings (SSSR count). The second-order valence-electron chi connectivity index (χ2n) is 7.26. The third-order valence-corrected chi connectivity index (χ3v) is 4.62. The van der Waals surface area contributed by atoms with E-state index in [2.05, 4.69) is 58.7 Å². The van der Waals surface area contributed by atoms with Crippen LogP contribution in [0.1, 0.15) is 61.3 Å². The monoisotopic (exact) mass is 254 g/mol. The van der Waals surface area contributed by atoms with Gasteiger partial charge in [-0.1, -0.05) is 34.6 Å². The Labute approximate surface area is 115 Å². The van der Waals surface area contributed by atoms with Gasteiger partial charge in [-0.05, 0) is 38.5 Å². The molecule has 1 heterocycles. The van der Waals surface area contributed by atoms with Crippen LogP contribution in [0.15, 0.2) is 0 Å². The summed E-state index contributed by atoms with van der Waals surface area (Å²) in [6.45, 7) is 18.8. The van der Waals surface area contributed by atoms with Crippen LogP contribution in [0.25, 0.3) is 0 Å². The lowest BCUT2D eigenvalue weighted by atomic mass is 9.87. The first-order chi connectivity index (χ1) is 8.29. The molecule has 3 atom stereocenters. The van der Waals surface area contributed by atoms with Crippen molar-refractivity contribution < 1.29 is 0 Å². The number of nitrogens with one attached hydrogen (secondary N) is 1. The molecule has 1 fully saturated rings. The van der Waals surface area contributed by atoms with Crippen molar-refractivity contribution in [3.63, 3.8) is 0 Å². The van der Waals surface area contributed by atoms with E-state index in [1.165, 1.54) is 19.4 Å². The molecule has 0 aliphatic carbocycles. The van der Waals surface area contributed by atoms with E-state index in [1.807, 2.05) is 0 Å². The van der Waals surface area contributed by atoms with Crippen molar-refractivity contribution in [2.45, 2.75) is 78.9 Å². The largest absolute Gasteiger partial charge is 0.309 e. The minimum atomic E-state index is 0.302. The molecule has 2 nitrogen and oxygen atoms in total. The van der Waals surface area contributed by atoms with Crippen molar-refractivity contribution in [2.24, 2.45) is 11.8 Å². The van der Waals surface area contributed by atoms with Gasteiger partial charge in [0.05, 0.1) is 0 Å². The maximum atomic E-state index is 3.77. The fraction of sp³-hybridized carbons (Fsp3) is 1.00. The summed E-state index contributed by atoms with van der Waals surface area (Å²) >= 11 is 0. The van der Waals surface area contributed by atoms with E-state index in [4.69, 9.17) is 0 Å². The van der Waals surface area contributed by atoms with Gasteiger partial charge in [0.1, 0.15) is 0 Å². The highest BCUT2D eigenvalue weighted by Gasteiger charge is 2.37. The van der Waals surface area contributed by atoms with Gasteiger partial charge < -0.3 is 5.32 Å². The quantitative estimate of drug-likeness (QED) is 0.807. The van der Waals surface area contributed by atoms with Crippen molar-refractivity contribution in [1.82, 2.24) is 10.2 Å². The normalized spacial score (nSPS) is 32.2.